The molecule has 30 heavy (non-hydrogen) atoms. The summed E-state index contributed by atoms with van der Waals surface area (Å²) in [4.78, 5) is 19.2. The van der Waals surface area contributed by atoms with Crippen molar-refractivity contribution in [3.8, 4) is 5.88 Å². The number of benzene rings is 2. The molecule has 2 aromatic carbocycles. The molecule has 1 saturated heterocycles. The molecule has 0 radical (unpaired) electrons. The molecule has 1 aliphatic rings. The Morgan fingerprint density at radius 3 is 2.87 bits per heavy atom. The van der Waals surface area contributed by atoms with Crippen LogP contribution in [0.4, 0.5) is 11.4 Å². The van der Waals surface area contributed by atoms with E-state index >= 15 is 0 Å². The van der Waals surface area contributed by atoms with Crippen LogP contribution in [0.25, 0.3) is 16.8 Å². The largest absolute Gasteiger partial charge is 0.414 e. The normalized spacial score (nSPS) is 16.7. The first-order chi connectivity index (χ1) is 14.7. The number of hydrogen-bond donors (Lipinski definition) is 2. The van der Waals surface area contributed by atoms with E-state index in [1.165, 1.54) is 6.20 Å². The number of nitrogens with one attached hydrogen (secondary N) is 1. The van der Waals surface area contributed by atoms with Gasteiger partial charge in [-0.15, -0.1) is 0 Å². The molecule has 1 aliphatic heterocycles. The number of fused-ring (bicyclic) bond motifs is 1. The summed E-state index contributed by atoms with van der Waals surface area (Å²) in [7, 11) is 0. The highest BCUT2D eigenvalue weighted by Gasteiger charge is 2.21. The molecule has 1 fully saturated rings. The van der Waals surface area contributed by atoms with Crippen LogP contribution in [0.2, 0.25) is 0 Å². The second-order valence-electron chi connectivity index (χ2n) is 7.44. The molecule has 3 N–H and O–H groups in total. The fourth-order valence-corrected chi connectivity index (χ4v) is 3.88. The van der Waals surface area contributed by atoms with Crippen LogP contribution in [0.3, 0.4) is 0 Å². The number of nitrogens with two attached hydrogens (primary N) is 1. The summed E-state index contributed by atoms with van der Waals surface area (Å²) in [6.45, 7) is 1.68. The van der Waals surface area contributed by atoms with Gasteiger partial charge in [0.25, 0.3) is 5.89 Å². The second kappa shape index (κ2) is 7.64. The molecule has 152 valence electrons. The van der Waals surface area contributed by atoms with E-state index in [0.717, 1.165) is 42.5 Å². The van der Waals surface area contributed by atoms with Crippen LogP contribution in [0.5, 0.6) is 0 Å². The lowest BCUT2D eigenvalue weighted by molar-refractivity contribution is 0.0990. The van der Waals surface area contributed by atoms with Crippen molar-refractivity contribution in [2.75, 3.05) is 23.3 Å². The highest BCUT2D eigenvalue weighted by atomic mass is 16.4. The third kappa shape index (κ3) is 3.42. The van der Waals surface area contributed by atoms with E-state index in [4.69, 9.17) is 10.2 Å². The van der Waals surface area contributed by atoms with Crippen LogP contribution in [-0.4, -0.2) is 39.8 Å². The monoisotopic (exact) mass is 402 g/mol. The summed E-state index contributed by atoms with van der Waals surface area (Å²) >= 11 is 0. The minimum absolute atomic E-state index is 0.0188. The zero-order chi connectivity index (χ0) is 20.5. The van der Waals surface area contributed by atoms with E-state index in [9.17, 15) is 4.79 Å². The molecular weight excluding hydrogens is 380 g/mol. The van der Waals surface area contributed by atoms with E-state index in [1.54, 1.807) is 10.9 Å². The van der Waals surface area contributed by atoms with Crippen LogP contribution >= 0.6 is 0 Å². The van der Waals surface area contributed by atoms with Gasteiger partial charge in [0.1, 0.15) is 0 Å². The van der Waals surface area contributed by atoms with Gasteiger partial charge in [0.2, 0.25) is 5.88 Å². The number of amides is 1. The van der Waals surface area contributed by atoms with E-state index in [2.05, 4.69) is 20.3 Å². The van der Waals surface area contributed by atoms with Gasteiger partial charge in [-0.1, -0.05) is 30.3 Å². The summed E-state index contributed by atoms with van der Waals surface area (Å²) < 4.78 is 7.34. The molecule has 0 aliphatic carbocycles. The van der Waals surface area contributed by atoms with E-state index in [0.29, 0.717) is 11.6 Å². The van der Waals surface area contributed by atoms with Crippen LogP contribution in [-0.2, 0) is 0 Å². The van der Waals surface area contributed by atoms with Crippen molar-refractivity contribution in [1.82, 2.24) is 14.8 Å². The number of aromatic nitrogens is 3. The quantitative estimate of drug-likeness (QED) is 0.543. The van der Waals surface area contributed by atoms with Gasteiger partial charge < -0.3 is 20.4 Å². The Morgan fingerprint density at radius 2 is 1.97 bits per heavy atom. The molecule has 1 atom stereocenters. The van der Waals surface area contributed by atoms with Crippen LogP contribution < -0.4 is 16.0 Å². The third-order valence-corrected chi connectivity index (χ3v) is 5.32. The van der Waals surface area contributed by atoms with Crippen LogP contribution in [0, 0.1) is 0 Å². The van der Waals surface area contributed by atoms with Crippen molar-refractivity contribution in [2.45, 2.75) is 18.9 Å². The molecule has 5 rings (SSSR count). The molecule has 0 unspecified atom stereocenters. The average molecular weight is 402 g/mol. The van der Waals surface area contributed by atoms with E-state index in [-0.39, 0.29) is 11.9 Å². The zero-order valence-electron chi connectivity index (χ0n) is 16.4. The molecule has 8 nitrogen and oxygen atoms in total. The number of hydrogen-bond acceptors (Lipinski definition) is 6. The van der Waals surface area contributed by atoms with Gasteiger partial charge in [0.15, 0.2) is 0 Å². The maximum atomic E-state index is 12.8. The summed E-state index contributed by atoms with van der Waals surface area (Å²) in [6, 6.07) is 15.6. The Balaban J connectivity index is 1.38. The van der Waals surface area contributed by atoms with Crippen molar-refractivity contribution in [2.24, 2.45) is 5.73 Å². The van der Waals surface area contributed by atoms with Crippen molar-refractivity contribution in [3.63, 3.8) is 0 Å². The Labute approximate surface area is 173 Å². The van der Waals surface area contributed by atoms with E-state index in [1.807, 2.05) is 48.5 Å². The van der Waals surface area contributed by atoms with Crippen molar-refractivity contribution in [3.05, 3.63) is 66.8 Å². The standard InChI is InChI=1S/C22H22N6O2/c23-16-7-5-11-27(14-16)19-10-4-2-8-17(19)26-21(29)22-24-13-20(30-22)28-18-9-3-1-6-15(18)12-25-28/h1-4,6,8-10,12-13,16H,5,7,11,14,23H2,(H,26,29)/t16-/m1/s1. The minimum Gasteiger partial charge on any atom is -0.414 e. The summed E-state index contributed by atoms with van der Waals surface area (Å²) in [5.74, 6) is -0.0437. The second-order valence-corrected chi connectivity index (χ2v) is 7.44. The lowest BCUT2D eigenvalue weighted by Gasteiger charge is -2.33. The molecule has 0 spiro atoms. The molecule has 8 heteroatoms. The summed E-state index contributed by atoms with van der Waals surface area (Å²) in [5.41, 5.74) is 8.67. The van der Waals surface area contributed by atoms with Crippen molar-refractivity contribution in [1.29, 1.82) is 0 Å². The topological polar surface area (TPSA) is 102 Å². The first-order valence-electron chi connectivity index (χ1n) is 9.99. The Kier molecular flexibility index (Phi) is 4.68. The smallest absolute Gasteiger partial charge is 0.311 e. The molecular formula is C22H22N6O2. The Hall–Kier alpha value is -3.65. The number of oxazole rings is 1. The maximum absolute atomic E-state index is 12.8. The van der Waals surface area contributed by atoms with Gasteiger partial charge in [-0.2, -0.15) is 9.78 Å². The molecule has 3 heterocycles. The highest BCUT2D eigenvalue weighted by molar-refractivity contribution is 6.03. The number of para-hydroxylation sites is 3. The number of rotatable bonds is 4. The Bertz CT molecular complexity index is 1200. The van der Waals surface area contributed by atoms with Gasteiger partial charge in [-0.25, -0.2) is 4.98 Å². The number of carbonyl (C=O) groups excluding carboxylic acids is 1. The Morgan fingerprint density at radius 1 is 1.13 bits per heavy atom. The first kappa shape index (κ1) is 18.4. The molecule has 2 aromatic heterocycles. The first-order valence-corrected chi connectivity index (χ1v) is 9.99. The molecule has 0 saturated carbocycles. The predicted molar refractivity (Wildman–Crippen MR) is 115 cm³/mol. The zero-order valence-corrected chi connectivity index (χ0v) is 16.4. The predicted octanol–water partition coefficient (Wildman–Crippen LogP) is 3.19. The average Bonchev–Trinajstić information content (AvgIpc) is 3.41. The fourth-order valence-electron chi connectivity index (χ4n) is 3.88. The number of carbonyl (C=O) groups is 1. The number of piperidine rings is 1. The highest BCUT2D eigenvalue weighted by Crippen LogP contribution is 2.28. The fraction of sp³-hybridized carbons (Fsp3) is 0.227. The maximum Gasteiger partial charge on any atom is 0.311 e. The third-order valence-electron chi connectivity index (χ3n) is 5.32. The van der Waals surface area contributed by atoms with Crippen LogP contribution in [0.1, 0.15) is 23.5 Å². The number of anilines is 2. The van der Waals surface area contributed by atoms with E-state index < -0.39 is 5.91 Å². The van der Waals surface area contributed by atoms with Crippen molar-refractivity contribution >= 4 is 28.2 Å². The lowest BCUT2D eigenvalue weighted by Crippen LogP contribution is -2.43. The van der Waals surface area contributed by atoms with Crippen molar-refractivity contribution < 1.29 is 9.21 Å². The van der Waals surface area contributed by atoms with Gasteiger partial charge >= 0.3 is 5.91 Å². The molecule has 0 bridgehead atoms. The van der Waals surface area contributed by atoms with Crippen LogP contribution in [0.15, 0.2) is 65.3 Å². The molecule has 1 amide bonds. The minimum atomic E-state index is -0.411. The SMILES string of the molecule is N[C@@H]1CCCN(c2ccccc2NC(=O)c2ncc(-n3ncc4ccccc43)o2)C1. The van der Waals surface area contributed by atoms with Gasteiger partial charge in [-0.3, -0.25) is 4.79 Å². The number of nitrogens with zero attached hydrogens (tertiary/aromatic N) is 4. The van der Waals surface area contributed by atoms with Gasteiger partial charge in [-0.05, 0) is 31.0 Å². The lowest BCUT2D eigenvalue weighted by atomic mass is 10.1. The molecule has 4 aromatic rings. The summed E-state index contributed by atoms with van der Waals surface area (Å²) in [5, 5.41) is 8.24. The van der Waals surface area contributed by atoms with Gasteiger partial charge in [0, 0.05) is 24.5 Å². The summed E-state index contributed by atoms with van der Waals surface area (Å²) in [6.07, 6.45) is 5.30. The van der Waals surface area contributed by atoms with Gasteiger partial charge in [0.05, 0.1) is 29.3 Å².